The fourth-order valence-corrected chi connectivity index (χ4v) is 4.59. The number of fused-ring (bicyclic) bond motifs is 1. The van der Waals surface area contributed by atoms with E-state index in [-0.39, 0.29) is 26.2 Å². The summed E-state index contributed by atoms with van der Waals surface area (Å²) >= 11 is 0. The number of carbonyl (C=O) groups is 3. The number of hydrogen-bond donors (Lipinski definition) is 1. The van der Waals surface area contributed by atoms with Crippen molar-refractivity contribution in [1.82, 2.24) is 15.2 Å². The first-order chi connectivity index (χ1) is 17.0. The Labute approximate surface area is 202 Å². The van der Waals surface area contributed by atoms with Crippen LogP contribution in [0.4, 0.5) is 4.79 Å². The molecule has 3 heterocycles. The number of aryl methyl sites for hydroxylation is 1. The number of amides is 4. The molecule has 178 valence electrons. The van der Waals surface area contributed by atoms with E-state index in [2.05, 4.69) is 10.3 Å². The molecule has 8 heteroatoms. The third-order valence-electron chi connectivity index (χ3n) is 6.55. The number of rotatable bonds is 8. The van der Waals surface area contributed by atoms with Gasteiger partial charge in [0, 0.05) is 18.9 Å². The number of hydrogen-bond acceptors (Lipinski definition) is 6. The molecule has 2 aliphatic heterocycles. The van der Waals surface area contributed by atoms with E-state index in [1.165, 1.54) is 4.90 Å². The van der Waals surface area contributed by atoms with Gasteiger partial charge >= 0.3 is 6.03 Å². The average Bonchev–Trinajstić information content (AvgIpc) is 3.35. The normalized spacial score (nSPS) is 19.1. The van der Waals surface area contributed by atoms with Crippen LogP contribution in [0, 0.1) is 5.41 Å². The summed E-state index contributed by atoms with van der Waals surface area (Å²) in [4.78, 5) is 45.2. The zero-order chi connectivity index (χ0) is 24.3. The molecule has 1 fully saturated rings. The molecule has 4 amide bonds. The van der Waals surface area contributed by atoms with Gasteiger partial charge in [-0.2, -0.15) is 0 Å². The second kappa shape index (κ2) is 9.58. The maximum Gasteiger partial charge on any atom is 0.330 e. The number of ether oxygens (including phenoxy) is 2. The van der Waals surface area contributed by atoms with Gasteiger partial charge in [-0.05, 0) is 66.6 Å². The predicted molar refractivity (Wildman–Crippen MR) is 127 cm³/mol. The lowest BCUT2D eigenvalue weighted by Gasteiger charge is -2.39. The van der Waals surface area contributed by atoms with Crippen molar-refractivity contribution in [3.05, 3.63) is 89.7 Å². The Balaban J connectivity index is 1.45. The van der Waals surface area contributed by atoms with Crippen LogP contribution in [0.1, 0.15) is 23.1 Å². The minimum atomic E-state index is -1.44. The van der Waals surface area contributed by atoms with Crippen molar-refractivity contribution in [2.45, 2.75) is 25.7 Å². The molecule has 5 rings (SSSR count). The van der Waals surface area contributed by atoms with Crippen molar-refractivity contribution in [2.24, 2.45) is 5.41 Å². The first-order valence-electron chi connectivity index (χ1n) is 11.5. The van der Waals surface area contributed by atoms with E-state index in [4.69, 9.17) is 9.47 Å². The number of imide groups is 2. The topological polar surface area (TPSA) is 97.8 Å². The Morgan fingerprint density at radius 3 is 2.40 bits per heavy atom. The zero-order valence-electron chi connectivity index (χ0n) is 19.1. The third kappa shape index (κ3) is 4.59. The molecule has 3 aromatic rings. The van der Waals surface area contributed by atoms with Crippen LogP contribution in [0.15, 0.2) is 73.1 Å². The van der Waals surface area contributed by atoms with Gasteiger partial charge in [-0.25, -0.2) is 4.79 Å². The first kappa shape index (κ1) is 22.6. The molecule has 0 unspecified atom stereocenters. The minimum absolute atomic E-state index is 0.132. The molecular weight excluding hydrogens is 446 g/mol. The molecule has 0 spiro atoms. The van der Waals surface area contributed by atoms with Gasteiger partial charge in [0.05, 0.1) is 0 Å². The van der Waals surface area contributed by atoms with Crippen molar-refractivity contribution < 1.29 is 23.9 Å². The van der Waals surface area contributed by atoms with Crippen molar-refractivity contribution in [2.75, 3.05) is 13.3 Å². The Hall–Kier alpha value is -4.20. The van der Waals surface area contributed by atoms with Crippen molar-refractivity contribution in [1.29, 1.82) is 0 Å². The van der Waals surface area contributed by atoms with E-state index >= 15 is 0 Å². The maximum absolute atomic E-state index is 13.9. The van der Waals surface area contributed by atoms with Crippen LogP contribution in [-0.2, 0) is 28.9 Å². The maximum atomic E-state index is 13.9. The van der Waals surface area contributed by atoms with Crippen molar-refractivity contribution in [3.8, 4) is 11.5 Å². The fourth-order valence-electron chi connectivity index (χ4n) is 4.59. The summed E-state index contributed by atoms with van der Waals surface area (Å²) < 4.78 is 10.9. The summed E-state index contributed by atoms with van der Waals surface area (Å²) in [6.45, 7) is 0.313. The molecular formula is C27H25N3O5. The molecule has 1 saturated heterocycles. The number of benzene rings is 2. The predicted octanol–water partition coefficient (Wildman–Crippen LogP) is 3.29. The summed E-state index contributed by atoms with van der Waals surface area (Å²) in [6.07, 6.45) is 4.71. The lowest BCUT2D eigenvalue weighted by Crippen LogP contribution is -2.65. The Bertz CT molecular complexity index is 1250. The largest absolute Gasteiger partial charge is 0.454 e. The average molecular weight is 472 g/mol. The van der Waals surface area contributed by atoms with Gasteiger partial charge in [-0.15, -0.1) is 0 Å². The Kier molecular flexibility index (Phi) is 6.18. The number of nitrogens with zero attached hydrogens (tertiary/aromatic N) is 2. The van der Waals surface area contributed by atoms with Crippen LogP contribution in [0.3, 0.4) is 0 Å². The standard InChI is InChI=1S/C27H25N3O5/c31-24-27(12-8-20-9-13-28-14-10-20,17-21-6-7-22-23(16-21)35-18-34-22)25(32)30(26(33)29-24)15-11-19-4-2-1-3-5-19/h1-7,9-10,13-14,16H,8,11-12,15,17-18H2,(H,29,31,33)/t27-/m0/s1. The summed E-state index contributed by atoms with van der Waals surface area (Å²) in [5.41, 5.74) is 1.27. The Morgan fingerprint density at radius 1 is 0.857 bits per heavy atom. The lowest BCUT2D eigenvalue weighted by atomic mass is 9.73. The monoisotopic (exact) mass is 471 g/mol. The fraction of sp³-hybridized carbons (Fsp3) is 0.259. The molecule has 0 aliphatic carbocycles. The highest BCUT2D eigenvalue weighted by molar-refractivity contribution is 6.19. The highest BCUT2D eigenvalue weighted by atomic mass is 16.7. The number of barbiturate groups is 1. The van der Waals surface area contributed by atoms with Crippen LogP contribution in [0.25, 0.3) is 0 Å². The second-order valence-electron chi connectivity index (χ2n) is 8.75. The SMILES string of the molecule is O=C1NC(=O)[C@](CCc2ccncc2)(Cc2ccc3c(c2)OCO3)C(=O)N1CCc1ccccc1. The highest BCUT2D eigenvalue weighted by Gasteiger charge is 2.53. The van der Waals surface area contributed by atoms with Gasteiger partial charge in [-0.3, -0.25) is 24.8 Å². The van der Waals surface area contributed by atoms with E-state index in [1.54, 1.807) is 24.5 Å². The molecule has 2 aromatic carbocycles. The molecule has 8 nitrogen and oxygen atoms in total. The van der Waals surface area contributed by atoms with E-state index in [1.807, 2.05) is 48.5 Å². The molecule has 0 radical (unpaired) electrons. The van der Waals surface area contributed by atoms with Gasteiger partial charge < -0.3 is 9.47 Å². The van der Waals surface area contributed by atoms with Gasteiger partial charge in [-0.1, -0.05) is 36.4 Å². The number of aromatic nitrogens is 1. The first-order valence-corrected chi connectivity index (χ1v) is 11.5. The molecule has 0 bridgehead atoms. The van der Waals surface area contributed by atoms with E-state index in [9.17, 15) is 14.4 Å². The minimum Gasteiger partial charge on any atom is -0.454 e. The van der Waals surface area contributed by atoms with Crippen LogP contribution in [0.2, 0.25) is 0 Å². The highest BCUT2D eigenvalue weighted by Crippen LogP contribution is 2.38. The lowest BCUT2D eigenvalue weighted by molar-refractivity contribution is -0.152. The second-order valence-corrected chi connectivity index (χ2v) is 8.75. The quantitative estimate of drug-likeness (QED) is 0.507. The molecule has 1 N–H and O–H groups in total. The van der Waals surface area contributed by atoms with Crippen LogP contribution >= 0.6 is 0 Å². The summed E-state index contributed by atoms with van der Waals surface area (Å²) in [5, 5.41) is 2.45. The van der Waals surface area contributed by atoms with Gasteiger partial charge in [0.25, 0.3) is 0 Å². The Morgan fingerprint density at radius 2 is 1.60 bits per heavy atom. The van der Waals surface area contributed by atoms with Gasteiger partial charge in [0.15, 0.2) is 11.5 Å². The molecule has 35 heavy (non-hydrogen) atoms. The smallest absolute Gasteiger partial charge is 0.330 e. The molecule has 1 aromatic heterocycles. The molecule has 0 saturated carbocycles. The number of urea groups is 1. The van der Waals surface area contributed by atoms with Gasteiger partial charge in [0.2, 0.25) is 18.6 Å². The van der Waals surface area contributed by atoms with Crippen molar-refractivity contribution in [3.63, 3.8) is 0 Å². The van der Waals surface area contributed by atoms with E-state index in [0.717, 1.165) is 16.7 Å². The van der Waals surface area contributed by atoms with E-state index in [0.29, 0.717) is 24.3 Å². The molecule has 2 aliphatic rings. The number of carbonyl (C=O) groups excluding carboxylic acids is 3. The van der Waals surface area contributed by atoms with Crippen molar-refractivity contribution >= 4 is 17.8 Å². The van der Waals surface area contributed by atoms with Crippen LogP contribution < -0.4 is 14.8 Å². The van der Waals surface area contributed by atoms with Crippen LogP contribution in [-0.4, -0.2) is 41.1 Å². The summed E-state index contributed by atoms with van der Waals surface area (Å²) in [5.74, 6) is 0.148. The number of pyridine rings is 1. The number of nitrogens with one attached hydrogen (secondary N) is 1. The van der Waals surface area contributed by atoms with Gasteiger partial charge in [0.1, 0.15) is 5.41 Å². The molecule has 1 atom stereocenters. The summed E-state index contributed by atoms with van der Waals surface area (Å²) in [6, 6.07) is 18.1. The zero-order valence-corrected chi connectivity index (χ0v) is 19.1. The third-order valence-corrected chi connectivity index (χ3v) is 6.55. The van der Waals surface area contributed by atoms with E-state index < -0.39 is 23.3 Å². The van der Waals surface area contributed by atoms with Crippen LogP contribution in [0.5, 0.6) is 11.5 Å². The summed E-state index contributed by atoms with van der Waals surface area (Å²) in [7, 11) is 0.